The normalized spacial score (nSPS) is 11.3. The smallest absolute Gasteiger partial charge is 0.338 e. The summed E-state index contributed by atoms with van der Waals surface area (Å²) in [6.07, 6.45) is -0.974. The van der Waals surface area contributed by atoms with E-state index in [1.54, 1.807) is 11.8 Å². The summed E-state index contributed by atoms with van der Waals surface area (Å²) in [7, 11) is 0. The summed E-state index contributed by atoms with van der Waals surface area (Å²) in [5, 5.41) is 2.42. The van der Waals surface area contributed by atoms with Gasteiger partial charge < -0.3 is 20.7 Å². The Bertz CT molecular complexity index is 1010. The van der Waals surface area contributed by atoms with Crippen LogP contribution in [0.4, 0.5) is 10.5 Å². The first-order valence-electron chi connectivity index (χ1n) is 10.2. The van der Waals surface area contributed by atoms with Crippen LogP contribution in [-0.4, -0.2) is 28.9 Å². The number of nitrogens with two attached hydrogens (primary N) is 1. The Labute approximate surface area is 186 Å². The van der Waals surface area contributed by atoms with Crippen LogP contribution < -0.4 is 11.1 Å². The van der Waals surface area contributed by atoms with Crippen molar-refractivity contribution in [1.82, 2.24) is 4.90 Å². The maximum absolute atomic E-state index is 13.2. The minimum atomic E-state index is -0.974. The van der Waals surface area contributed by atoms with Crippen LogP contribution in [0, 0.1) is 0 Å². The number of urea groups is 1. The van der Waals surface area contributed by atoms with Crippen LogP contribution in [0.5, 0.6) is 0 Å². The molecule has 3 N–H and O–H groups in total. The summed E-state index contributed by atoms with van der Waals surface area (Å²) < 4.78 is 5.43. The zero-order valence-electron chi connectivity index (χ0n) is 17.7. The number of esters is 1. The van der Waals surface area contributed by atoms with Gasteiger partial charge in [-0.15, -0.1) is 0 Å². The summed E-state index contributed by atoms with van der Waals surface area (Å²) in [6.45, 7) is 2.35. The minimum Gasteiger partial charge on any atom is -0.449 e. The summed E-state index contributed by atoms with van der Waals surface area (Å²) in [5.74, 6) is -0.922. The molecule has 0 heterocycles. The van der Waals surface area contributed by atoms with E-state index in [4.69, 9.17) is 10.5 Å². The molecule has 0 saturated heterocycles. The number of amides is 3. The quantitative estimate of drug-likeness (QED) is 0.527. The SMILES string of the molecule is CC(OC(=O)c1ccc(NC(N)=O)cc1)C(=O)N(Cc1ccccc1)Cc1ccccc1. The van der Waals surface area contributed by atoms with Gasteiger partial charge in [-0.05, 0) is 42.3 Å². The lowest BCUT2D eigenvalue weighted by molar-refractivity contribution is -0.141. The number of primary amides is 1. The molecule has 3 aromatic rings. The molecule has 3 rings (SSSR count). The van der Waals surface area contributed by atoms with E-state index in [0.717, 1.165) is 11.1 Å². The summed E-state index contributed by atoms with van der Waals surface area (Å²) in [6, 6.07) is 24.7. The number of benzene rings is 3. The Balaban J connectivity index is 1.70. The molecule has 3 amide bonds. The standard InChI is InChI=1S/C25H25N3O4/c1-18(32-24(30)21-12-14-22(15-13-21)27-25(26)31)23(29)28(16-19-8-4-2-5-9-19)17-20-10-6-3-7-11-20/h2-15,18H,16-17H2,1H3,(H3,26,27,31). The van der Waals surface area contributed by atoms with E-state index >= 15 is 0 Å². The third-order valence-electron chi connectivity index (χ3n) is 4.76. The maximum atomic E-state index is 13.2. The molecule has 0 bridgehead atoms. The lowest BCUT2D eigenvalue weighted by Gasteiger charge is -2.26. The van der Waals surface area contributed by atoms with Crippen LogP contribution in [0.25, 0.3) is 0 Å². The topological polar surface area (TPSA) is 102 Å². The second kappa shape index (κ2) is 10.8. The van der Waals surface area contributed by atoms with E-state index < -0.39 is 18.1 Å². The van der Waals surface area contributed by atoms with Crippen molar-refractivity contribution in [1.29, 1.82) is 0 Å². The van der Waals surface area contributed by atoms with Gasteiger partial charge in [-0.2, -0.15) is 0 Å². The lowest BCUT2D eigenvalue weighted by atomic mass is 10.1. The molecule has 3 aromatic carbocycles. The molecule has 0 aliphatic carbocycles. The van der Waals surface area contributed by atoms with Crippen LogP contribution in [0.1, 0.15) is 28.4 Å². The lowest BCUT2D eigenvalue weighted by Crippen LogP contribution is -2.39. The highest BCUT2D eigenvalue weighted by Crippen LogP contribution is 2.15. The van der Waals surface area contributed by atoms with Crippen molar-refractivity contribution in [2.24, 2.45) is 5.73 Å². The van der Waals surface area contributed by atoms with Crippen molar-refractivity contribution in [3.05, 3.63) is 102 Å². The highest BCUT2D eigenvalue weighted by Gasteiger charge is 2.25. The van der Waals surface area contributed by atoms with Gasteiger partial charge in [0.25, 0.3) is 5.91 Å². The van der Waals surface area contributed by atoms with Gasteiger partial charge >= 0.3 is 12.0 Å². The van der Waals surface area contributed by atoms with Crippen molar-refractivity contribution in [2.45, 2.75) is 26.1 Å². The monoisotopic (exact) mass is 431 g/mol. The first kappa shape index (κ1) is 22.6. The van der Waals surface area contributed by atoms with E-state index in [0.29, 0.717) is 18.8 Å². The molecule has 0 saturated carbocycles. The van der Waals surface area contributed by atoms with E-state index in [1.165, 1.54) is 24.3 Å². The first-order chi connectivity index (χ1) is 15.4. The van der Waals surface area contributed by atoms with Crippen LogP contribution in [0.2, 0.25) is 0 Å². The highest BCUT2D eigenvalue weighted by molar-refractivity contribution is 5.93. The Morgan fingerprint density at radius 3 is 1.81 bits per heavy atom. The van der Waals surface area contributed by atoms with Gasteiger partial charge in [0.15, 0.2) is 6.10 Å². The van der Waals surface area contributed by atoms with Crippen molar-refractivity contribution in [3.8, 4) is 0 Å². The average Bonchev–Trinajstić information content (AvgIpc) is 2.79. The minimum absolute atomic E-state index is 0.261. The second-order valence-electron chi connectivity index (χ2n) is 7.28. The molecule has 7 heteroatoms. The third kappa shape index (κ3) is 6.43. The van der Waals surface area contributed by atoms with Crippen molar-refractivity contribution in [3.63, 3.8) is 0 Å². The summed E-state index contributed by atoms with van der Waals surface area (Å²) in [5.41, 5.74) is 7.75. The third-order valence-corrected chi connectivity index (χ3v) is 4.76. The van der Waals surface area contributed by atoms with Gasteiger partial charge in [0.1, 0.15) is 0 Å². The highest BCUT2D eigenvalue weighted by atomic mass is 16.5. The number of carbonyl (C=O) groups excluding carboxylic acids is 3. The van der Waals surface area contributed by atoms with Crippen molar-refractivity contribution < 1.29 is 19.1 Å². The van der Waals surface area contributed by atoms with Crippen LogP contribution >= 0.6 is 0 Å². The van der Waals surface area contributed by atoms with Gasteiger partial charge in [0.05, 0.1) is 5.56 Å². The Morgan fingerprint density at radius 1 is 0.844 bits per heavy atom. The Hall–Kier alpha value is -4.13. The molecule has 0 aromatic heterocycles. The predicted octanol–water partition coefficient (Wildman–Crippen LogP) is 3.95. The second-order valence-corrected chi connectivity index (χ2v) is 7.28. The number of ether oxygens (including phenoxy) is 1. The summed E-state index contributed by atoms with van der Waals surface area (Å²) >= 11 is 0. The molecule has 0 spiro atoms. The molecular weight excluding hydrogens is 406 g/mol. The van der Waals surface area contributed by atoms with E-state index in [1.807, 2.05) is 60.7 Å². The molecule has 0 aliphatic rings. The molecular formula is C25H25N3O4. The Morgan fingerprint density at radius 2 is 1.34 bits per heavy atom. The van der Waals surface area contributed by atoms with Crippen molar-refractivity contribution >= 4 is 23.6 Å². The maximum Gasteiger partial charge on any atom is 0.338 e. The van der Waals surface area contributed by atoms with Crippen LogP contribution in [0.3, 0.4) is 0 Å². The largest absolute Gasteiger partial charge is 0.449 e. The van der Waals surface area contributed by atoms with E-state index in [2.05, 4.69) is 5.32 Å². The van der Waals surface area contributed by atoms with Crippen LogP contribution in [-0.2, 0) is 22.6 Å². The number of nitrogens with one attached hydrogen (secondary N) is 1. The van der Waals surface area contributed by atoms with Gasteiger partial charge in [-0.25, -0.2) is 9.59 Å². The zero-order chi connectivity index (χ0) is 22.9. The molecule has 0 fully saturated rings. The summed E-state index contributed by atoms with van der Waals surface area (Å²) in [4.78, 5) is 38.3. The molecule has 7 nitrogen and oxygen atoms in total. The van der Waals surface area contributed by atoms with Crippen LogP contribution in [0.15, 0.2) is 84.9 Å². The fraction of sp³-hybridized carbons (Fsp3) is 0.160. The fourth-order valence-electron chi connectivity index (χ4n) is 3.19. The average molecular weight is 431 g/mol. The molecule has 32 heavy (non-hydrogen) atoms. The molecule has 0 radical (unpaired) electrons. The van der Waals surface area contributed by atoms with Gasteiger partial charge in [0.2, 0.25) is 0 Å². The number of hydrogen-bond acceptors (Lipinski definition) is 4. The van der Waals surface area contributed by atoms with Gasteiger partial charge in [0, 0.05) is 18.8 Å². The molecule has 1 unspecified atom stereocenters. The number of hydrogen-bond donors (Lipinski definition) is 2. The van der Waals surface area contributed by atoms with Gasteiger partial charge in [-0.3, -0.25) is 4.79 Å². The number of rotatable bonds is 8. The number of anilines is 1. The first-order valence-corrected chi connectivity index (χ1v) is 10.2. The predicted molar refractivity (Wildman–Crippen MR) is 122 cm³/mol. The number of nitrogens with zero attached hydrogens (tertiary/aromatic N) is 1. The van der Waals surface area contributed by atoms with E-state index in [-0.39, 0.29) is 11.5 Å². The van der Waals surface area contributed by atoms with Crippen molar-refractivity contribution in [2.75, 3.05) is 5.32 Å². The fourth-order valence-corrected chi connectivity index (χ4v) is 3.19. The molecule has 164 valence electrons. The number of carbonyl (C=O) groups is 3. The van der Waals surface area contributed by atoms with Gasteiger partial charge in [-0.1, -0.05) is 60.7 Å². The molecule has 1 atom stereocenters. The molecule has 0 aliphatic heterocycles. The zero-order valence-corrected chi connectivity index (χ0v) is 17.7. The Kier molecular flexibility index (Phi) is 7.59. The van der Waals surface area contributed by atoms with E-state index in [9.17, 15) is 14.4 Å².